The molecule has 1 aliphatic heterocycles. The molecule has 0 amide bonds. The van der Waals surface area contributed by atoms with Gasteiger partial charge in [0.05, 0.1) is 21.2 Å². The van der Waals surface area contributed by atoms with E-state index >= 15 is 0 Å². The van der Waals surface area contributed by atoms with Crippen molar-refractivity contribution in [1.29, 1.82) is 0 Å². The number of nitrogens with zero attached hydrogens (tertiary/aromatic N) is 3. The van der Waals surface area contributed by atoms with Crippen molar-refractivity contribution in [2.24, 2.45) is 0 Å². The Morgan fingerprint density at radius 1 is 1.08 bits per heavy atom. The van der Waals surface area contributed by atoms with Crippen molar-refractivity contribution in [3.05, 3.63) is 50.5 Å². The minimum absolute atomic E-state index is 0.648. The van der Waals surface area contributed by atoms with Crippen LogP contribution in [-0.2, 0) is 13.0 Å². The molecule has 0 spiro atoms. The lowest BCUT2D eigenvalue weighted by Gasteiger charge is -2.31. The minimum atomic E-state index is 0.648. The summed E-state index contributed by atoms with van der Waals surface area (Å²) in [5, 5.41) is 1.99. The number of anilines is 2. The third-order valence-electron chi connectivity index (χ3n) is 4.92. The molecule has 0 aliphatic carbocycles. The van der Waals surface area contributed by atoms with Crippen molar-refractivity contribution in [3.63, 3.8) is 0 Å². The first-order valence-electron chi connectivity index (χ1n) is 8.92. The van der Waals surface area contributed by atoms with Gasteiger partial charge in [-0.15, -0.1) is 0 Å². The lowest BCUT2D eigenvalue weighted by Crippen LogP contribution is -2.29. The van der Waals surface area contributed by atoms with Crippen molar-refractivity contribution < 1.29 is 0 Å². The van der Waals surface area contributed by atoms with Crippen LogP contribution in [0.3, 0.4) is 0 Å². The molecule has 0 radical (unpaired) electrons. The van der Waals surface area contributed by atoms with Crippen LogP contribution in [0.1, 0.15) is 30.9 Å². The molecule has 0 unspecified atom stereocenters. The number of rotatable bonds is 3. The molecule has 0 N–H and O–H groups in total. The SMILES string of the molecule is CCCc1ccc(Cl)c2nc3n(c12)CCCN3c1c(C)cc(Cl)cc1Cl. The van der Waals surface area contributed by atoms with Gasteiger partial charge in [-0.3, -0.25) is 0 Å². The second kappa shape index (κ2) is 6.95. The molecule has 0 atom stereocenters. The summed E-state index contributed by atoms with van der Waals surface area (Å²) in [7, 11) is 0. The number of aryl methyl sites for hydroxylation is 3. The number of aromatic nitrogens is 2. The molecule has 2 heterocycles. The van der Waals surface area contributed by atoms with Gasteiger partial charge in [-0.1, -0.05) is 54.2 Å². The highest BCUT2D eigenvalue weighted by Crippen LogP contribution is 2.41. The fraction of sp³-hybridized carbons (Fsp3) is 0.350. The average molecular weight is 409 g/mol. The zero-order chi connectivity index (χ0) is 18.4. The van der Waals surface area contributed by atoms with Crippen molar-refractivity contribution in [3.8, 4) is 0 Å². The van der Waals surface area contributed by atoms with E-state index in [-0.39, 0.29) is 0 Å². The van der Waals surface area contributed by atoms with Crippen molar-refractivity contribution in [2.45, 2.75) is 39.7 Å². The zero-order valence-corrected chi connectivity index (χ0v) is 17.1. The van der Waals surface area contributed by atoms with Crippen molar-refractivity contribution in [1.82, 2.24) is 9.55 Å². The van der Waals surface area contributed by atoms with Crippen LogP contribution in [0, 0.1) is 6.92 Å². The van der Waals surface area contributed by atoms with Crippen LogP contribution in [0.4, 0.5) is 11.6 Å². The van der Waals surface area contributed by atoms with Crippen LogP contribution in [0.5, 0.6) is 0 Å². The van der Waals surface area contributed by atoms with Gasteiger partial charge in [-0.25, -0.2) is 4.98 Å². The highest BCUT2D eigenvalue weighted by molar-refractivity contribution is 6.37. The Morgan fingerprint density at radius 2 is 1.88 bits per heavy atom. The molecule has 0 fully saturated rings. The van der Waals surface area contributed by atoms with Crippen LogP contribution in [0.2, 0.25) is 15.1 Å². The molecule has 3 aromatic rings. The first-order valence-corrected chi connectivity index (χ1v) is 10.1. The second-order valence-electron chi connectivity index (χ2n) is 6.78. The van der Waals surface area contributed by atoms with Gasteiger partial charge in [0, 0.05) is 18.1 Å². The molecule has 4 rings (SSSR count). The smallest absolute Gasteiger partial charge is 0.211 e. The number of imidazole rings is 1. The summed E-state index contributed by atoms with van der Waals surface area (Å²) >= 11 is 19.2. The van der Waals surface area contributed by atoms with Gasteiger partial charge in [0.15, 0.2) is 0 Å². The Labute approximate surface area is 168 Å². The van der Waals surface area contributed by atoms with Crippen LogP contribution in [0.15, 0.2) is 24.3 Å². The second-order valence-corrected chi connectivity index (χ2v) is 8.03. The molecule has 0 saturated carbocycles. The number of halogens is 3. The van der Waals surface area contributed by atoms with E-state index in [1.54, 1.807) is 6.07 Å². The standard InChI is InChI=1S/C20H20Cl3N3/c1-3-5-13-6-7-15(22)17-19(13)26-9-4-8-25(20(26)24-17)18-12(2)10-14(21)11-16(18)23/h6-7,10-11H,3-5,8-9H2,1-2H3. The summed E-state index contributed by atoms with van der Waals surface area (Å²) in [5.41, 5.74) is 5.35. The van der Waals surface area contributed by atoms with E-state index in [0.29, 0.717) is 15.1 Å². The molecule has 0 saturated heterocycles. The minimum Gasteiger partial charge on any atom is -0.310 e. The molecule has 2 aromatic carbocycles. The lowest BCUT2D eigenvalue weighted by molar-refractivity contribution is 0.602. The van der Waals surface area contributed by atoms with E-state index in [0.717, 1.165) is 60.6 Å². The predicted octanol–water partition coefficient (Wildman–Crippen LogP) is 6.80. The molecular formula is C20H20Cl3N3. The fourth-order valence-corrected chi connectivity index (χ4v) is 4.78. The summed E-state index contributed by atoms with van der Waals surface area (Å²) < 4.78 is 2.29. The van der Waals surface area contributed by atoms with E-state index < -0.39 is 0 Å². The van der Waals surface area contributed by atoms with E-state index in [4.69, 9.17) is 39.8 Å². The first-order chi connectivity index (χ1) is 12.5. The van der Waals surface area contributed by atoms with E-state index in [1.807, 2.05) is 19.1 Å². The summed E-state index contributed by atoms with van der Waals surface area (Å²) in [5.74, 6) is 0.907. The Kier molecular flexibility index (Phi) is 4.81. The van der Waals surface area contributed by atoms with Crippen molar-refractivity contribution in [2.75, 3.05) is 11.4 Å². The molecular weight excluding hydrogens is 389 g/mol. The fourth-order valence-electron chi connectivity index (χ4n) is 3.89. The molecule has 3 nitrogen and oxygen atoms in total. The maximum Gasteiger partial charge on any atom is 0.211 e. The lowest BCUT2D eigenvalue weighted by atomic mass is 10.1. The summed E-state index contributed by atoms with van der Waals surface area (Å²) in [6.07, 6.45) is 3.12. The molecule has 136 valence electrons. The summed E-state index contributed by atoms with van der Waals surface area (Å²) in [6, 6.07) is 7.82. The number of hydrogen-bond acceptors (Lipinski definition) is 2. The molecule has 26 heavy (non-hydrogen) atoms. The highest BCUT2D eigenvalue weighted by atomic mass is 35.5. The van der Waals surface area contributed by atoms with E-state index in [1.165, 1.54) is 5.56 Å². The van der Waals surface area contributed by atoms with Crippen LogP contribution in [0.25, 0.3) is 11.0 Å². The third-order valence-corrected chi connectivity index (χ3v) is 5.73. The Balaban J connectivity index is 1.95. The number of hydrogen-bond donors (Lipinski definition) is 0. The Morgan fingerprint density at radius 3 is 2.62 bits per heavy atom. The van der Waals surface area contributed by atoms with Crippen LogP contribution in [-0.4, -0.2) is 16.1 Å². The van der Waals surface area contributed by atoms with Gasteiger partial charge in [-0.05, 0) is 49.1 Å². The van der Waals surface area contributed by atoms with Gasteiger partial charge < -0.3 is 9.47 Å². The van der Waals surface area contributed by atoms with E-state index in [9.17, 15) is 0 Å². The molecule has 0 bridgehead atoms. The largest absolute Gasteiger partial charge is 0.310 e. The Bertz CT molecular complexity index is 971. The molecule has 6 heteroatoms. The van der Waals surface area contributed by atoms with Gasteiger partial charge in [-0.2, -0.15) is 0 Å². The third kappa shape index (κ3) is 2.87. The topological polar surface area (TPSA) is 21.1 Å². The average Bonchev–Trinajstić information content (AvgIpc) is 2.98. The quantitative estimate of drug-likeness (QED) is 0.475. The van der Waals surface area contributed by atoms with Gasteiger partial charge in [0.2, 0.25) is 5.95 Å². The molecule has 1 aromatic heterocycles. The van der Waals surface area contributed by atoms with Crippen molar-refractivity contribution >= 4 is 57.5 Å². The normalized spacial score (nSPS) is 14.1. The van der Waals surface area contributed by atoms with Crippen LogP contribution < -0.4 is 4.90 Å². The Hall–Kier alpha value is -1.42. The maximum atomic E-state index is 6.56. The first kappa shape index (κ1) is 18.0. The number of benzene rings is 2. The highest BCUT2D eigenvalue weighted by Gasteiger charge is 2.27. The van der Waals surface area contributed by atoms with Gasteiger partial charge >= 0.3 is 0 Å². The van der Waals surface area contributed by atoms with Gasteiger partial charge in [0.25, 0.3) is 0 Å². The zero-order valence-electron chi connectivity index (χ0n) is 14.8. The molecule has 1 aliphatic rings. The monoisotopic (exact) mass is 407 g/mol. The van der Waals surface area contributed by atoms with Gasteiger partial charge in [0.1, 0.15) is 5.52 Å². The maximum absolute atomic E-state index is 6.56. The predicted molar refractivity (Wildman–Crippen MR) is 112 cm³/mol. The number of fused-ring (bicyclic) bond motifs is 3. The van der Waals surface area contributed by atoms with E-state index in [2.05, 4.69) is 22.5 Å². The summed E-state index contributed by atoms with van der Waals surface area (Å²) in [6.45, 7) is 6.02. The summed E-state index contributed by atoms with van der Waals surface area (Å²) in [4.78, 5) is 7.12. The van der Waals surface area contributed by atoms with Crippen LogP contribution >= 0.6 is 34.8 Å².